The van der Waals surface area contributed by atoms with E-state index in [1.807, 2.05) is 13.8 Å². The first-order valence-electron chi connectivity index (χ1n) is 6.68. The van der Waals surface area contributed by atoms with Crippen molar-refractivity contribution in [1.82, 2.24) is 4.90 Å². The van der Waals surface area contributed by atoms with Crippen LogP contribution in [0, 0.1) is 12.3 Å². The number of carbonyl (C=O) groups excluding carboxylic acids is 1. The summed E-state index contributed by atoms with van der Waals surface area (Å²) in [4.78, 5) is 25.6. The van der Waals surface area contributed by atoms with Crippen LogP contribution in [0.25, 0.3) is 0 Å². The number of carboxylic acids is 1. The zero-order chi connectivity index (χ0) is 14.9. The van der Waals surface area contributed by atoms with E-state index in [0.717, 1.165) is 5.56 Å². The van der Waals surface area contributed by atoms with Gasteiger partial charge in [-0.2, -0.15) is 0 Å². The molecular formula is C15H18ClNO3. The molecule has 1 atom stereocenters. The second kappa shape index (κ2) is 5.44. The molecule has 20 heavy (non-hydrogen) atoms. The van der Waals surface area contributed by atoms with Crippen molar-refractivity contribution in [2.75, 3.05) is 13.1 Å². The third-order valence-corrected chi connectivity index (χ3v) is 4.44. The third-order valence-electron chi connectivity index (χ3n) is 4.20. The van der Waals surface area contributed by atoms with Crippen molar-refractivity contribution in [2.24, 2.45) is 5.41 Å². The molecule has 1 fully saturated rings. The molecular weight excluding hydrogens is 278 g/mol. The molecule has 0 aliphatic carbocycles. The highest BCUT2D eigenvalue weighted by molar-refractivity contribution is 6.31. The van der Waals surface area contributed by atoms with Crippen LogP contribution in [0.4, 0.5) is 0 Å². The van der Waals surface area contributed by atoms with Crippen molar-refractivity contribution in [3.8, 4) is 0 Å². The summed E-state index contributed by atoms with van der Waals surface area (Å²) >= 11 is 5.94. The van der Waals surface area contributed by atoms with Crippen LogP contribution in [0.15, 0.2) is 18.2 Å². The average molecular weight is 296 g/mol. The SMILES string of the molecule is CCC1(C(=O)O)CCN(C(=O)c2cc(Cl)ccc2C)C1. The highest BCUT2D eigenvalue weighted by atomic mass is 35.5. The maximum absolute atomic E-state index is 12.5. The van der Waals surface area contributed by atoms with Crippen LogP contribution in [0.1, 0.15) is 35.7 Å². The molecule has 1 aromatic rings. The van der Waals surface area contributed by atoms with Gasteiger partial charge in [0, 0.05) is 23.7 Å². The largest absolute Gasteiger partial charge is 0.481 e. The maximum atomic E-state index is 12.5. The molecule has 0 saturated carbocycles. The second-order valence-corrected chi connectivity index (χ2v) is 5.81. The van der Waals surface area contributed by atoms with Crippen LogP contribution in [0.3, 0.4) is 0 Å². The zero-order valence-corrected chi connectivity index (χ0v) is 12.4. The smallest absolute Gasteiger partial charge is 0.311 e. The number of benzene rings is 1. The minimum Gasteiger partial charge on any atom is -0.481 e. The third kappa shape index (κ3) is 2.52. The summed E-state index contributed by atoms with van der Waals surface area (Å²) < 4.78 is 0. The number of hydrogen-bond acceptors (Lipinski definition) is 2. The summed E-state index contributed by atoms with van der Waals surface area (Å²) in [5.74, 6) is -0.959. The molecule has 1 aliphatic heterocycles. The Bertz CT molecular complexity index is 558. The van der Waals surface area contributed by atoms with Crippen LogP contribution in [0.2, 0.25) is 5.02 Å². The van der Waals surface area contributed by atoms with Gasteiger partial charge in [-0.05, 0) is 37.5 Å². The molecule has 1 N–H and O–H groups in total. The number of halogens is 1. The number of likely N-dealkylation sites (tertiary alicyclic amines) is 1. The van der Waals surface area contributed by atoms with Gasteiger partial charge in [-0.15, -0.1) is 0 Å². The van der Waals surface area contributed by atoms with Crippen LogP contribution in [-0.2, 0) is 4.79 Å². The van der Waals surface area contributed by atoms with E-state index in [9.17, 15) is 14.7 Å². The normalized spacial score (nSPS) is 22.1. The van der Waals surface area contributed by atoms with Crippen molar-refractivity contribution in [3.63, 3.8) is 0 Å². The highest BCUT2D eigenvalue weighted by Gasteiger charge is 2.44. The Labute approximate surface area is 123 Å². The van der Waals surface area contributed by atoms with Gasteiger partial charge in [0.05, 0.1) is 5.41 Å². The van der Waals surface area contributed by atoms with E-state index in [-0.39, 0.29) is 12.5 Å². The topological polar surface area (TPSA) is 57.6 Å². The Hall–Kier alpha value is -1.55. The summed E-state index contributed by atoms with van der Waals surface area (Å²) in [5, 5.41) is 9.89. The maximum Gasteiger partial charge on any atom is 0.311 e. The summed E-state index contributed by atoms with van der Waals surface area (Å²) in [7, 11) is 0. The number of nitrogens with zero attached hydrogens (tertiary/aromatic N) is 1. The van der Waals surface area contributed by atoms with Crippen LogP contribution in [-0.4, -0.2) is 35.0 Å². The lowest BCUT2D eigenvalue weighted by atomic mass is 9.84. The molecule has 1 amide bonds. The van der Waals surface area contributed by atoms with E-state index in [4.69, 9.17) is 11.6 Å². The predicted molar refractivity (Wildman–Crippen MR) is 77.1 cm³/mol. The van der Waals surface area contributed by atoms with Gasteiger partial charge in [0.1, 0.15) is 0 Å². The van der Waals surface area contributed by atoms with Gasteiger partial charge >= 0.3 is 5.97 Å². The van der Waals surface area contributed by atoms with Crippen LogP contribution in [0.5, 0.6) is 0 Å². The molecule has 0 bridgehead atoms. The quantitative estimate of drug-likeness (QED) is 0.932. The molecule has 1 unspecified atom stereocenters. The zero-order valence-electron chi connectivity index (χ0n) is 11.6. The molecule has 1 heterocycles. The Balaban J connectivity index is 2.24. The molecule has 2 rings (SSSR count). The van der Waals surface area contributed by atoms with Gasteiger partial charge in [-0.1, -0.05) is 24.6 Å². The molecule has 1 aromatic carbocycles. The lowest BCUT2D eigenvalue weighted by Gasteiger charge is -2.23. The number of rotatable bonds is 3. The molecule has 108 valence electrons. The number of aliphatic carboxylic acids is 1. The van der Waals surface area contributed by atoms with Crippen molar-refractivity contribution in [2.45, 2.75) is 26.7 Å². The number of amides is 1. The van der Waals surface area contributed by atoms with E-state index < -0.39 is 11.4 Å². The predicted octanol–water partition coefficient (Wildman–Crippen LogP) is 2.98. The van der Waals surface area contributed by atoms with Gasteiger partial charge in [0.15, 0.2) is 0 Å². The number of hydrogen-bond donors (Lipinski definition) is 1. The molecule has 1 saturated heterocycles. The first-order chi connectivity index (χ1) is 9.39. The Kier molecular flexibility index (Phi) is 4.04. The van der Waals surface area contributed by atoms with E-state index in [2.05, 4.69) is 0 Å². The van der Waals surface area contributed by atoms with E-state index in [1.165, 1.54) is 0 Å². The fourth-order valence-corrected chi connectivity index (χ4v) is 2.83. The fraction of sp³-hybridized carbons (Fsp3) is 0.467. The van der Waals surface area contributed by atoms with E-state index in [1.54, 1.807) is 23.1 Å². The second-order valence-electron chi connectivity index (χ2n) is 5.37. The van der Waals surface area contributed by atoms with Crippen LogP contribution >= 0.6 is 11.6 Å². The average Bonchev–Trinajstić information content (AvgIpc) is 2.86. The lowest BCUT2D eigenvalue weighted by molar-refractivity contribution is -0.148. The highest BCUT2D eigenvalue weighted by Crippen LogP contribution is 2.35. The molecule has 0 aromatic heterocycles. The fourth-order valence-electron chi connectivity index (χ4n) is 2.66. The standard InChI is InChI=1S/C15H18ClNO3/c1-3-15(14(19)20)6-7-17(9-15)13(18)12-8-11(16)5-4-10(12)2/h4-5,8H,3,6-7,9H2,1-2H3,(H,19,20). The molecule has 0 radical (unpaired) electrons. The first kappa shape index (κ1) is 14.9. The lowest BCUT2D eigenvalue weighted by Crippen LogP contribution is -2.36. The Morgan fingerprint density at radius 1 is 1.45 bits per heavy atom. The molecule has 4 nitrogen and oxygen atoms in total. The number of carbonyl (C=O) groups is 2. The van der Waals surface area contributed by atoms with E-state index >= 15 is 0 Å². The van der Waals surface area contributed by atoms with Gasteiger partial charge in [-0.3, -0.25) is 9.59 Å². The number of carboxylic acid groups (broad SMARTS) is 1. The van der Waals surface area contributed by atoms with Crippen molar-refractivity contribution >= 4 is 23.5 Å². The van der Waals surface area contributed by atoms with Gasteiger partial charge < -0.3 is 10.0 Å². The minimum atomic E-state index is -0.821. The van der Waals surface area contributed by atoms with Crippen molar-refractivity contribution in [3.05, 3.63) is 34.3 Å². The van der Waals surface area contributed by atoms with Gasteiger partial charge in [0.2, 0.25) is 0 Å². The number of aryl methyl sites for hydroxylation is 1. The molecule has 0 spiro atoms. The van der Waals surface area contributed by atoms with Gasteiger partial charge in [-0.25, -0.2) is 0 Å². The first-order valence-corrected chi connectivity index (χ1v) is 7.06. The molecule has 5 heteroatoms. The Morgan fingerprint density at radius 3 is 2.70 bits per heavy atom. The van der Waals surface area contributed by atoms with Gasteiger partial charge in [0.25, 0.3) is 5.91 Å². The van der Waals surface area contributed by atoms with Crippen molar-refractivity contribution in [1.29, 1.82) is 0 Å². The summed E-state index contributed by atoms with van der Waals surface area (Å²) in [6.45, 7) is 4.45. The summed E-state index contributed by atoms with van der Waals surface area (Å²) in [5.41, 5.74) is 0.598. The summed E-state index contributed by atoms with van der Waals surface area (Å²) in [6.07, 6.45) is 1.03. The van der Waals surface area contributed by atoms with E-state index in [0.29, 0.717) is 30.0 Å². The summed E-state index contributed by atoms with van der Waals surface area (Å²) in [6, 6.07) is 5.19. The molecule has 1 aliphatic rings. The van der Waals surface area contributed by atoms with Crippen molar-refractivity contribution < 1.29 is 14.7 Å². The van der Waals surface area contributed by atoms with Crippen LogP contribution < -0.4 is 0 Å². The Morgan fingerprint density at radius 2 is 2.15 bits per heavy atom. The minimum absolute atomic E-state index is 0.137. The monoisotopic (exact) mass is 295 g/mol.